The summed E-state index contributed by atoms with van der Waals surface area (Å²) in [6.07, 6.45) is 4.53. The maximum atomic E-state index is 12.7. The molecule has 0 spiro atoms. The Hall–Kier alpha value is -1.19. The minimum Gasteiger partial charge on any atom is -0.326 e. The van der Waals surface area contributed by atoms with E-state index < -0.39 is 10.0 Å². The molecule has 1 aromatic rings. The Morgan fingerprint density at radius 1 is 1.18 bits per heavy atom. The van der Waals surface area contributed by atoms with Gasteiger partial charge in [-0.3, -0.25) is 4.79 Å². The average molecular weight is 431 g/mol. The molecule has 2 aliphatic rings. The predicted molar refractivity (Wildman–Crippen MR) is 113 cm³/mol. The van der Waals surface area contributed by atoms with Gasteiger partial charge >= 0.3 is 0 Å². The van der Waals surface area contributed by atoms with Gasteiger partial charge in [-0.1, -0.05) is 6.07 Å². The van der Waals surface area contributed by atoms with Crippen LogP contribution >= 0.6 is 12.4 Å². The third-order valence-corrected chi connectivity index (χ3v) is 7.28. The second-order valence-corrected chi connectivity index (χ2v) is 9.30. The molecule has 28 heavy (non-hydrogen) atoms. The van der Waals surface area contributed by atoms with E-state index >= 15 is 0 Å². The quantitative estimate of drug-likeness (QED) is 0.690. The van der Waals surface area contributed by atoms with Crippen LogP contribution in [0.3, 0.4) is 0 Å². The normalized spacial score (nSPS) is 21.2. The fourth-order valence-electron chi connectivity index (χ4n) is 3.79. The highest BCUT2D eigenvalue weighted by molar-refractivity contribution is 7.89. The van der Waals surface area contributed by atoms with Crippen LogP contribution in [-0.4, -0.2) is 69.3 Å². The topological polar surface area (TPSA) is 81.8 Å². The summed E-state index contributed by atoms with van der Waals surface area (Å²) in [6.45, 7) is 3.85. The van der Waals surface area contributed by atoms with Gasteiger partial charge in [0.25, 0.3) is 0 Å². The number of carbonyl (C=O) groups excluding carboxylic acids is 1. The zero-order chi connectivity index (χ0) is 19.3. The third-order valence-electron chi connectivity index (χ3n) is 5.39. The molecule has 9 heteroatoms. The number of piperidine rings is 1. The molecule has 1 unspecified atom stereocenters. The number of likely N-dealkylation sites (tertiary alicyclic amines) is 1. The first kappa shape index (κ1) is 23.1. The highest BCUT2D eigenvalue weighted by atomic mass is 35.5. The monoisotopic (exact) mass is 430 g/mol. The van der Waals surface area contributed by atoms with Crippen LogP contribution in [0.1, 0.15) is 32.1 Å². The fraction of sp³-hybridized carbons (Fsp3) is 0.632. The van der Waals surface area contributed by atoms with Gasteiger partial charge in [0, 0.05) is 44.3 Å². The molecule has 2 saturated heterocycles. The van der Waals surface area contributed by atoms with Crippen molar-refractivity contribution in [3.05, 3.63) is 24.3 Å². The Kier molecular flexibility index (Phi) is 8.70. The number of sulfonamides is 1. The van der Waals surface area contributed by atoms with Gasteiger partial charge in [0.1, 0.15) is 0 Å². The van der Waals surface area contributed by atoms with Gasteiger partial charge in [-0.25, -0.2) is 8.42 Å². The van der Waals surface area contributed by atoms with E-state index in [2.05, 4.69) is 15.5 Å². The van der Waals surface area contributed by atoms with Crippen LogP contribution < -0.4 is 10.6 Å². The highest BCUT2D eigenvalue weighted by Crippen LogP contribution is 2.23. The first-order valence-electron chi connectivity index (χ1n) is 9.79. The fourth-order valence-corrected chi connectivity index (χ4v) is 5.35. The molecule has 0 bridgehead atoms. The summed E-state index contributed by atoms with van der Waals surface area (Å²) in [7, 11) is -1.49. The van der Waals surface area contributed by atoms with Crippen molar-refractivity contribution in [3.63, 3.8) is 0 Å². The molecule has 1 aromatic carbocycles. The lowest BCUT2D eigenvalue weighted by atomic mass is 10.1. The van der Waals surface area contributed by atoms with E-state index in [1.807, 2.05) is 7.05 Å². The molecule has 1 atom stereocenters. The number of nitrogens with one attached hydrogen (secondary N) is 2. The number of likely N-dealkylation sites (N-methyl/N-ethyl adjacent to an activating group) is 1. The molecule has 2 heterocycles. The molecule has 158 valence electrons. The molecule has 0 saturated carbocycles. The number of amides is 1. The minimum absolute atomic E-state index is 0. The van der Waals surface area contributed by atoms with Crippen LogP contribution in [0.2, 0.25) is 0 Å². The summed E-state index contributed by atoms with van der Waals surface area (Å²) in [5.74, 6) is -0.0858. The van der Waals surface area contributed by atoms with Crippen LogP contribution in [0.5, 0.6) is 0 Å². The van der Waals surface area contributed by atoms with Crippen molar-refractivity contribution in [2.45, 2.75) is 43.0 Å². The van der Waals surface area contributed by atoms with Crippen molar-refractivity contribution < 1.29 is 13.2 Å². The van der Waals surface area contributed by atoms with E-state index in [1.165, 1.54) is 10.7 Å². The van der Waals surface area contributed by atoms with E-state index in [0.29, 0.717) is 31.2 Å². The minimum atomic E-state index is -3.47. The number of rotatable bonds is 7. The average Bonchev–Trinajstić information content (AvgIpc) is 3.22. The highest BCUT2D eigenvalue weighted by Gasteiger charge is 2.27. The lowest BCUT2D eigenvalue weighted by Crippen LogP contribution is -2.45. The summed E-state index contributed by atoms with van der Waals surface area (Å²) < 4.78 is 26.8. The van der Waals surface area contributed by atoms with Crippen LogP contribution in [0.15, 0.2) is 29.2 Å². The Bertz CT molecular complexity index is 753. The molecule has 1 amide bonds. The van der Waals surface area contributed by atoms with Gasteiger partial charge in [-0.2, -0.15) is 4.31 Å². The summed E-state index contributed by atoms with van der Waals surface area (Å²) in [5, 5.41) is 6.15. The van der Waals surface area contributed by atoms with Crippen LogP contribution in [-0.2, 0) is 14.8 Å². The van der Waals surface area contributed by atoms with Crippen LogP contribution in [0.25, 0.3) is 0 Å². The maximum absolute atomic E-state index is 12.7. The van der Waals surface area contributed by atoms with Crippen LogP contribution in [0.4, 0.5) is 5.69 Å². The largest absolute Gasteiger partial charge is 0.326 e. The molecular weight excluding hydrogens is 400 g/mol. The van der Waals surface area contributed by atoms with Crippen molar-refractivity contribution in [2.75, 3.05) is 45.1 Å². The molecule has 0 radical (unpaired) electrons. The molecular formula is C19H31ClN4O3S. The summed E-state index contributed by atoms with van der Waals surface area (Å²) in [6, 6.07) is 7.06. The number of hydrogen-bond acceptors (Lipinski definition) is 5. The number of carbonyl (C=O) groups is 1. The van der Waals surface area contributed by atoms with Gasteiger partial charge in [0.2, 0.25) is 15.9 Å². The van der Waals surface area contributed by atoms with Crippen molar-refractivity contribution in [1.29, 1.82) is 0 Å². The molecule has 0 aliphatic carbocycles. The Balaban J connectivity index is 0.00000280. The number of benzene rings is 1. The van der Waals surface area contributed by atoms with Gasteiger partial charge in [-0.05, 0) is 57.5 Å². The predicted octanol–water partition coefficient (Wildman–Crippen LogP) is 1.91. The van der Waals surface area contributed by atoms with Gasteiger partial charge in [0.15, 0.2) is 0 Å². The third kappa shape index (κ3) is 5.90. The standard InChI is InChI=1S/C19H30N4O3S.ClH/c1-20-17-7-5-10-22(15-17)13-9-19(24)21-16-6-4-8-18(14-16)27(25,26)23-11-2-3-12-23;/h4,6,8,14,17,20H,2-3,5,7,9-13,15H2,1H3,(H,21,24);1H. The lowest BCUT2D eigenvalue weighted by molar-refractivity contribution is -0.116. The van der Waals surface area contributed by atoms with Crippen molar-refractivity contribution in [3.8, 4) is 0 Å². The maximum Gasteiger partial charge on any atom is 0.243 e. The second-order valence-electron chi connectivity index (χ2n) is 7.37. The number of nitrogens with zero attached hydrogens (tertiary/aromatic N) is 2. The van der Waals surface area contributed by atoms with E-state index in [0.717, 1.165) is 38.9 Å². The molecule has 2 aliphatic heterocycles. The number of halogens is 1. The molecule has 3 rings (SSSR count). The van der Waals surface area contributed by atoms with Crippen LogP contribution in [0, 0.1) is 0 Å². The zero-order valence-corrected chi connectivity index (χ0v) is 18.0. The second kappa shape index (κ2) is 10.5. The number of hydrogen-bond donors (Lipinski definition) is 2. The molecule has 2 fully saturated rings. The number of anilines is 1. The van der Waals surface area contributed by atoms with Crippen molar-refractivity contribution in [1.82, 2.24) is 14.5 Å². The van der Waals surface area contributed by atoms with E-state index in [1.54, 1.807) is 24.3 Å². The Morgan fingerprint density at radius 2 is 1.93 bits per heavy atom. The first-order chi connectivity index (χ1) is 13.0. The summed E-state index contributed by atoms with van der Waals surface area (Å²) in [4.78, 5) is 14.9. The molecule has 2 N–H and O–H groups in total. The van der Waals surface area contributed by atoms with Gasteiger partial charge in [-0.15, -0.1) is 12.4 Å². The van der Waals surface area contributed by atoms with E-state index in [-0.39, 0.29) is 23.2 Å². The summed E-state index contributed by atoms with van der Waals surface area (Å²) in [5.41, 5.74) is 0.534. The van der Waals surface area contributed by atoms with Crippen molar-refractivity contribution in [2.24, 2.45) is 0 Å². The smallest absolute Gasteiger partial charge is 0.243 e. The molecule has 7 nitrogen and oxygen atoms in total. The first-order valence-corrected chi connectivity index (χ1v) is 11.2. The Morgan fingerprint density at radius 3 is 2.64 bits per heavy atom. The van der Waals surface area contributed by atoms with Crippen molar-refractivity contribution >= 4 is 34.0 Å². The van der Waals surface area contributed by atoms with E-state index in [4.69, 9.17) is 0 Å². The molecule has 0 aromatic heterocycles. The summed E-state index contributed by atoms with van der Waals surface area (Å²) >= 11 is 0. The Labute approximate surface area is 174 Å². The lowest BCUT2D eigenvalue weighted by Gasteiger charge is -2.32. The van der Waals surface area contributed by atoms with E-state index in [9.17, 15) is 13.2 Å². The van der Waals surface area contributed by atoms with Gasteiger partial charge in [0.05, 0.1) is 4.90 Å². The SMILES string of the molecule is CNC1CCCN(CCC(=O)Nc2cccc(S(=O)(=O)N3CCCC3)c2)C1.Cl. The van der Waals surface area contributed by atoms with Gasteiger partial charge < -0.3 is 15.5 Å². The zero-order valence-electron chi connectivity index (χ0n) is 16.4.